The van der Waals surface area contributed by atoms with E-state index in [9.17, 15) is 10.1 Å². The molecule has 1 aliphatic carbocycles. The van der Waals surface area contributed by atoms with Crippen LogP contribution in [0.3, 0.4) is 0 Å². The van der Waals surface area contributed by atoms with Crippen LogP contribution in [0.25, 0.3) is 10.7 Å². The fraction of sp³-hybridized carbons (Fsp3) is 0.429. The Bertz CT molecular complexity index is 1070. The number of amides is 1. The third-order valence-corrected chi connectivity index (χ3v) is 8.36. The van der Waals surface area contributed by atoms with Crippen molar-refractivity contribution >= 4 is 45.3 Å². The molecule has 4 rings (SSSR count). The third kappa shape index (κ3) is 4.31. The van der Waals surface area contributed by atoms with Crippen LogP contribution < -0.4 is 5.32 Å². The number of rotatable bonds is 6. The van der Waals surface area contributed by atoms with E-state index in [1.165, 1.54) is 42.4 Å². The predicted octanol–water partition coefficient (Wildman–Crippen LogP) is 5.79. The standard InChI is InChI=1S/C21H23N5OS3/c1-13-14(2)30-20(16(13)11-22)23-18(27)12-29-21-25-24-19(17-9-6-10-28-17)26(21)15-7-4-3-5-8-15/h6,9-10,15H,3-5,7-8,12H2,1-2H3,(H,23,27). The first-order valence-electron chi connectivity index (χ1n) is 10.00. The van der Waals surface area contributed by atoms with Crippen LogP contribution in [0.2, 0.25) is 0 Å². The fourth-order valence-electron chi connectivity index (χ4n) is 3.76. The maximum absolute atomic E-state index is 12.6. The zero-order valence-corrected chi connectivity index (χ0v) is 19.4. The molecule has 1 fully saturated rings. The second kappa shape index (κ2) is 9.33. The Labute approximate surface area is 188 Å². The molecule has 1 amide bonds. The summed E-state index contributed by atoms with van der Waals surface area (Å²) in [6, 6.07) is 6.67. The van der Waals surface area contributed by atoms with E-state index in [1.807, 2.05) is 25.3 Å². The molecule has 3 heterocycles. The van der Waals surface area contributed by atoms with E-state index in [0.717, 1.165) is 39.1 Å². The molecule has 1 N–H and O–H groups in total. The number of nitrogens with zero attached hydrogens (tertiary/aromatic N) is 4. The van der Waals surface area contributed by atoms with Gasteiger partial charge in [0.05, 0.1) is 16.2 Å². The average molecular weight is 458 g/mol. The van der Waals surface area contributed by atoms with Crippen molar-refractivity contribution in [1.82, 2.24) is 14.8 Å². The Hall–Kier alpha value is -2.15. The first-order valence-corrected chi connectivity index (χ1v) is 12.7. The molecule has 3 aromatic heterocycles. The summed E-state index contributed by atoms with van der Waals surface area (Å²) in [6.07, 6.45) is 5.94. The molecule has 0 bridgehead atoms. The van der Waals surface area contributed by atoms with Gasteiger partial charge in [-0.3, -0.25) is 9.36 Å². The maximum Gasteiger partial charge on any atom is 0.235 e. The number of anilines is 1. The van der Waals surface area contributed by atoms with Gasteiger partial charge >= 0.3 is 0 Å². The lowest BCUT2D eigenvalue weighted by molar-refractivity contribution is -0.113. The third-order valence-electron chi connectivity index (χ3n) is 5.43. The highest BCUT2D eigenvalue weighted by atomic mass is 32.2. The Morgan fingerprint density at radius 2 is 2.13 bits per heavy atom. The molecule has 0 radical (unpaired) electrons. The van der Waals surface area contributed by atoms with E-state index >= 15 is 0 Å². The molecule has 1 aliphatic rings. The Kier molecular flexibility index (Phi) is 6.56. The number of hydrogen-bond acceptors (Lipinski definition) is 7. The lowest BCUT2D eigenvalue weighted by Gasteiger charge is -2.25. The van der Waals surface area contributed by atoms with Gasteiger partial charge in [-0.05, 0) is 43.7 Å². The summed E-state index contributed by atoms with van der Waals surface area (Å²) in [5, 5.41) is 24.7. The van der Waals surface area contributed by atoms with Crippen molar-refractivity contribution in [3.63, 3.8) is 0 Å². The molecule has 3 aromatic rings. The van der Waals surface area contributed by atoms with E-state index in [1.54, 1.807) is 11.3 Å². The van der Waals surface area contributed by atoms with Gasteiger partial charge in [0.25, 0.3) is 0 Å². The van der Waals surface area contributed by atoms with Crippen LogP contribution in [0.15, 0.2) is 22.7 Å². The van der Waals surface area contributed by atoms with Crippen molar-refractivity contribution in [1.29, 1.82) is 5.26 Å². The van der Waals surface area contributed by atoms with Crippen LogP contribution in [0.5, 0.6) is 0 Å². The monoisotopic (exact) mass is 457 g/mol. The van der Waals surface area contributed by atoms with Crippen molar-refractivity contribution in [3.05, 3.63) is 33.5 Å². The van der Waals surface area contributed by atoms with Gasteiger partial charge in [0.2, 0.25) is 5.91 Å². The molecule has 0 spiro atoms. The van der Waals surface area contributed by atoms with Gasteiger partial charge in [-0.25, -0.2) is 0 Å². The first kappa shape index (κ1) is 21.1. The first-order chi connectivity index (χ1) is 14.6. The molecular weight excluding hydrogens is 434 g/mol. The Balaban J connectivity index is 1.51. The van der Waals surface area contributed by atoms with Crippen molar-refractivity contribution in [2.24, 2.45) is 0 Å². The molecule has 156 valence electrons. The second-order valence-corrected chi connectivity index (χ2v) is 10.5. The minimum Gasteiger partial charge on any atom is -0.316 e. The highest BCUT2D eigenvalue weighted by molar-refractivity contribution is 7.99. The number of aryl methyl sites for hydroxylation is 1. The lowest BCUT2D eigenvalue weighted by atomic mass is 9.95. The highest BCUT2D eigenvalue weighted by Gasteiger charge is 2.25. The van der Waals surface area contributed by atoms with Crippen molar-refractivity contribution < 1.29 is 4.79 Å². The molecule has 0 aliphatic heterocycles. The average Bonchev–Trinajstić information content (AvgIpc) is 3.47. The van der Waals surface area contributed by atoms with Crippen molar-refractivity contribution in [3.8, 4) is 16.8 Å². The second-order valence-electron chi connectivity index (χ2n) is 7.38. The maximum atomic E-state index is 12.6. The number of hydrogen-bond donors (Lipinski definition) is 1. The lowest BCUT2D eigenvalue weighted by Crippen LogP contribution is -2.17. The summed E-state index contributed by atoms with van der Waals surface area (Å²) in [7, 11) is 0. The van der Waals surface area contributed by atoms with Gasteiger partial charge in [0.1, 0.15) is 11.1 Å². The molecule has 9 heteroatoms. The number of thioether (sulfide) groups is 1. The minimum atomic E-state index is -0.131. The van der Waals surface area contributed by atoms with Gasteiger partial charge in [-0.2, -0.15) is 5.26 Å². The van der Waals surface area contributed by atoms with Crippen LogP contribution in [-0.4, -0.2) is 26.4 Å². The van der Waals surface area contributed by atoms with E-state index in [4.69, 9.17) is 0 Å². The molecule has 0 saturated heterocycles. The molecule has 30 heavy (non-hydrogen) atoms. The molecule has 1 saturated carbocycles. The number of thiophene rings is 2. The number of nitriles is 1. The number of nitrogens with one attached hydrogen (secondary N) is 1. The van der Waals surface area contributed by atoms with Crippen LogP contribution in [0.4, 0.5) is 5.00 Å². The topological polar surface area (TPSA) is 83.6 Å². The summed E-state index contributed by atoms with van der Waals surface area (Å²) < 4.78 is 2.24. The number of carbonyl (C=O) groups excluding carboxylic acids is 1. The molecular formula is C21H23N5OS3. The summed E-state index contributed by atoms with van der Waals surface area (Å²) in [5.41, 5.74) is 1.49. The molecule has 0 atom stereocenters. The van der Waals surface area contributed by atoms with Crippen molar-refractivity contribution in [2.45, 2.75) is 57.1 Å². The van der Waals surface area contributed by atoms with Gasteiger partial charge in [-0.1, -0.05) is 37.1 Å². The zero-order valence-electron chi connectivity index (χ0n) is 17.0. The van der Waals surface area contributed by atoms with E-state index < -0.39 is 0 Å². The van der Waals surface area contributed by atoms with Gasteiger partial charge in [0.15, 0.2) is 11.0 Å². The van der Waals surface area contributed by atoms with E-state index in [0.29, 0.717) is 16.6 Å². The highest BCUT2D eigenvalue weighted by Crippen LogP contribution is 2.37. The number of carbonyl (C=O) groups is 1. The van der Waals surface area contributed by atoms with Crippen LogP contribution >= 0.6 is 34.4 Å². The Morgan fingerprint density at radius 3 is 2.83 bits per heavy atom. The summed E-state index contributed by atoms with van der Waals surface area (Å²) in [5.74, 6) is 1.00. The summed E-state index contributed by atoms with van der Waals surface area (Å²) >= 11 is 4.52. The molecule has 0 unspecified atom stereocenters. The van der Waals surface area contributed by atoms with Crippen LogP contribution in [-0.2, 0) is 4.79 Å². The summed E-state index contributed by atoms with van der Waals surface area (Å²) in [6.45, 7) is 3.87. The van der Waals surface area contributed by atoms with Crippen LogP contribution in [0.1, 0.15) is 54.1 Å². The molecule has 0 aromatic carbocycles. The van der Waals surface area contributed by atoms with E-state index in [-0.39, 0.29) is 11.7 Å². The smallest absolute Gasteiger partial charge is 0.235 e. The SMILES string of the molecule is Cc1sc(NC(=O)CSc2nnc(-c3cccs3)n2C2CCCCC2)c(C#N)c1C. The minimum absolute atomic E-state index is 0.131. The van der Waals surface area contributed by atoms with Gasteiger partial charge < -0.3 is 5.32 Å². The quantitative estimate of drug-likeness (QED) is 0.474. The Morgan fingerprint density at radius 1 is 1.33 bits per heavy atom. The van der Waals surface area contributed by atoms with Gasteiger partial charge in [-0.15, -0.1) is 32.9 Å². The van der Waals surface area contributed by atoms with Gasteiger partial charge in [0, 0.05) is 10.9 Å². The van der Waals surface area contributed by atoms with Crippen LogP contribution in [0, 0.1) is 25.2 Å². The van der Waals surface area contributed by atoms with E-state index in [2.05, 4.69) is 32.2 Å². The number of aromatic nitrogens is 3. The largest absolute Gasteiger partial charge is 0.316 e. The predicted molar refractivity (Wildman–Crippen MR) is 123 cm³/mol. The normalized spacial score (nSPS) is 14.6. The zero-order chi connectivity index (χ0) is 21.1. The van der Waals surface area contributed by atoms with Crippen molar-refractivity contribution in [2.75, 3.05) is 11.1 Å². The summed E-state index contributed by atoms with van der Waals surface area (Å²) in [4.78, 5) is 14.8. The fourth-order valence-corrected chi connectivity index (χ4v) is 6.30. The molecule has 6 nitrogen and oxygen atoms in total.